The molecule has 25 heavy (non-hydrogen) atoms. The van der Waals surface area contributed by atoms with Crippen LogP contribution in [-0.4, -0.2) is 70.3 Å². The lowest BCUT2D eigenvalue weighted by molar-refractivity contribution is 0.142. The average Bonchev–Trinajstić information content (AvgIpc) is 2.64. The van der Waals surface area contributed by atoms with Gasteiger partial charge in [0.05, 0.1) is 11.3 Å². The zero-order chi connectivity index (χ0) is 17.8. The van der Waals surface area contributed by atoms with E-state index in [-0.39, 0.29) is 6.17 Å². The lowest BCUT2D eigenvalue weighted by Gasteiger charge is -2.37. The van der Waals surface area contributed by atoms with E-state index in [1.807, 2.05) is 26.3 Å². The molecule has 0 bridgehead atoms. The molecule has 3 aliphatic heterocycles. The third kappa shape index (κ3) is 3.84. The van der Waals surface area contributed by atoms with Crippen molar-refractivity contribution in [1.29, 1.82) is 10.7 Å². The second-order valence-corrected chi connectivity index (χ2v) is 6.63. The second-order valence-electron chi connectivity index (χ2n) is 6.63. The third-order valence-electron chi connectivity index (χ3n) is 4.82. The highest BCUT2D eigenvalue weighted by Crippen LogP contribution is 2.27. The number of hydrogen-bond acceptors (Lipinski definition) is 6. The summed E-state index contributed by atoms with van der Waals surface area (Å²) in [6, 6.07) is 2.09. The molecule has 3 aliphatic rings. The standard InChI is InChI=1S/C17H22B2N6/c18-14-7-15(17(23-11-14)13(8-20)9-21)12-1-2-16(22-10-12)24-3-5-25(19)6-4-24/h1,7-8,10-11,16,20,23H,2-6,18-19H2/b17-13+,20-8?. The first kappa shape index (κ1) is 17.5. The highest BCUT2D eigenvalue weighted by atomic mass is 15.3. The highest BCUT2D eigenvalue weighted by molar-refractivity contribution is 6.24. The molecule has 0 aromatic rings. The van der Waals surface area contributed by atoms with Gasteiger partial charge < -0.3 is 15.5 Å². The predicted molar refractivity (Wildman–Crippen MR) is 106 cm³/mol. The van der Waals surface area contributed by atoms with Crippen molar-refractivity contribution in [3.8, 4) is 6.07 Å². The Morgan fingerprint density at radius 2 is 2.16 bits per heavy atom. The summed E-state index contributed by atoms with van der Waals surface area (Å²) >= 11 is 0. The first-order valence-electron chi connectivity index (χ1n) is 8.59. The third-order valence-corrected chi connectivity index (χ3v) is 4.82. The van der Waals surface area contributed by atoms with Crippen LogP contribution in [0.1, 0.15) is 6.42 Å². The van der Waals surface area contributed by atoms with E-state index < -0.39 is 0 Å². The van der Waals surface area contributed by atoms with Crippen molar-refractivity contribution < 1.29 is 0 Å². The summed E-state index contributed by atoms with van der Waals surface area (Å²) < 4.78 is 0. The van der Waals surface area contributed by atoms with Gasteiger partial charge in [-0.25, -0.2) is 0 Å². The minimum absolute atomic E-state index is 0.205. The molecule has 6 nitrogen and oxygen atoms in total. The molecule has 8 heteroatoms. The van der Waals surface area contributed by atoms with E-state index in [1.165, 1.54) is 0 Å². The molecule has 2 N–H and O–H groups in total. The van der Waals surface area contributed by atoms with Crippen LogP contribution in [0, 0.1) is 16.7 Å². The highest BCUT2D eigenvalue weighted by Gasteiger charge is 2.24. The van der Waals surface area contributed by atoms with E-state index >= 15 is 0 Å². The SMILES string of the molecule is BC1=CN/C(=C(/C#N)C=N)C(C2=CCC(N3CCN(B)CC3)N=C2)=C1. The van der Waals surface area contributed by atoms with E-state index in [0.29, 0.717) is 11.3 Å². The molecule has 3 heterocycles. The minimum Gasteiger partial charge on any atom is -0.361 e. The van der Waals surface area contributed by atoms with Crippen LogP contribution in [-0.2, 0) is 0 Å². The Balaban J connectivity index is 1.79. The summed E-state index contributed by atoms with van der Waals surface area (Å²) in [5, 5.41) is 19.9. The van der Waals surface area contributed by atoms with Crippen molar-refractivity contribution in [3.05, 3.63) is 46.2 Å². The normalized spacial score (nSPS) is 26.7. The fourth-order valence-corrected chi connectivity index (χ4v) is 3.27. The first-order chi connectivity index (χ1) is 12.1. The minimum atomic E-state index is 0.205. The Morgan fingerprint density at radius 1 is 1.40 bits per heavy atom. The van der Waals surface area contributed by atoms with Crippen LogP contribution in [0.5, 0.6) is 0 Å². The number of allylic oxidation sites excluding steroid dienone is 4. The van der Waals surface area contributed by atoms with E-state index in [0.717, 1.165) is 55.4 Å². The Bertz CT molecular complexity index is 748. The zero-order valence-electron chi connectivity index (χ0n) is 14.8. The summed E-state index contributed by atoms with van der Waals surface area (Å²) in [6.45, 7) is 4.26. The quantitative estimate of drug-likeness (QED) is 0.407. The van der Waals surface area contributed by atoms with Crippen LogP contribution in [0.3, 0.4) is 0 Å². The Kier molecular flexibility index (Phi) is 5.37. The molecule has 0 spiro atoms. The van der Waals surface area contributed by atoms with Crippen molar-refractivity contribution >= 4 is 28.3 Å². The monoisotopic (exact) mass is 332 g/mol. The van der Waals surface area contributed by atoms with Gasteiger partial charge >= 0.3 is 0 Å². The zero-order valence-corrected chi connectivity index (χ0v) is 14.8. The average molecular weight is 332 g/mol. The van der Waals surface area contributed by atoms with E-state index in [1.54, 1.807) is 0 Å². The number of hydrogen-bond donors (Lipinski definition) is 2. The molecule has 0 aliphatic carbocycles. The molecular formula is C17H22B2N6. The Morgan fingerprint density at radius 3 is 2.76 bits per heavy atom. The predicted octanol–water partition coefficient (Wildman–Crippen LogP) is -0.690. The number of rotatable bonds is 3. The topological polar surface area (TPSA) is 78.5 Å². The molecule has 0 aromatic carbocycles. The lowest BCUT2D eigenvalue weighted by atomic mass is 9.87. The summed E-state index contributed by atoms with van der Waals surface area (Å²) in [7, 11) is 4.16. The largest absolute Gasteiger partial charge is 0.361 e. The van der Waals surface area contributed by atoms with Crippen LogP contribution in [0.25, 0.3) is 0 Å². The fourth-order valence-electron chi connectivity index (χ4n) is 3.27. The fraction of sp³-hybridized carbons (Fsp3) is 0.353. The number of nitrogens with zero attached hydrogens (tertiary/aromatic N) is 4. The summed E-state index contributed by atoms with van der Waals surface area (Å²) in [5.74, 6) is 0. The summed E-state index contributed by atoms with van der Waals surface area (Å²) in [4.78, 5) is 9.54. The van der Waals surface area contributed by atoms with Crippen LogP contribution in [0.4, 0.5) is 0 Å². The molecule has 0 aromatic heterocycles. The van der Waals surface area contributed by atoms with Crippen molar-refractivity contribution in [3.63, 3.8) is 0 Å². The van der Waals surface area contributed by atoms with Crippen LogP contribution in [0.2, 0.25) is 0 Å². The number of nitriles is 1. The van der Waals surface area contributed by atoms with Gasteiger partial charge in [-0.15, -0.1) is 0 Å². The van der Waals surface area contributed by atoms with Gasteiger partial charge in [-0.05, 0) is 24.9 Å². The maximum atomic E-state index is 9.28. The van der Waals surface area contributed by atoms with Gasteiger partial charge in [-0.2, -0.15) is 5.26 Å². The van der Waals surface area contributed by atoms with Crippen molar-refractivity contribution in [2.24, 2.45) is 4.99 Å². The van der Waals surface area contributed by atoms with E-state index in [4.69, 9.17) is 10.4 Å². The summed E-state index contributed by atoms with van der Waals surface area (Å²) in [6.07, 6.45) is 10.2. The van der Waals surface area contributed by atoms with E-state index in [2.05, 4.69) is 35.2 Å². The van der Waals surface area contributed by atoms with Gasteiger partial charge in [-0.3, -0.25) is 9.89 Å². The van der Waals surface area contributed by atoms with Crippen molar-refractivity contribution in [2.45, 2.75) is 12.6 Å². The van der Waals surface area contributed by atoms with E-state index in [9.17, 15) is 5.26 Å². The van der Waals surface area contributed by atoms with Gasteiger partial charge in [0.25, 0.3) is 0 Å². The molecule has 3 rings (SSSR count). The van der Waals surface area contributed by atoms with Crippen LogP contribution < -0.4 is 5.32 Å². The van der Waals surface area contributed by atoms with Gasteiger partial charge in [0.15, 0.2) is 7.98 Å². The van der Waals surface area contributed by atoms with Crippen molar-refractivity contribution in [1.82, 2.24) is 15.0 Å². The number of nitrogens with one attached hydrogen (secondary N) is 2. The molecule has 0 amide bonds. The summed E-state index contributed by atoms with van der Waals surface area (Å²) in [5.41, 5.74) is 4.02. The van der Waals surface area contributed by atoms with Crippen LogP contribution >= 0.6 is 0 Å². The van der Waals surface area contributed by atoms with Crippen LogP contribution in [0.15, 0.2) is 51.2 Å². The molecular weight excluding hydrogens is 310 g/mol. The smallest absolute Gasteiger partial charge is 0.185 e. The molecule has 1 atom stereocenters. The molecule has 1 unspecified atom stereocenters. The number of dihydropyridines is 2. The molecule has 1 saturated heterocycles. The van der Waals surface area contributed by atoms with Gasteiger partial charge in [0.2, 0.25) is 0 Å². The Hall–Kier alpha value is -2.36. The molecule has 126 valence electrons. The maximum Gasteiger partial charge on any atom is 0.185 e. The van der Waals surface area contributed by atoms with Gasteiger partial charge in [-0.1, -0.05) is 17.6 Å². The van der Waals surface area contributed by atoms with Gasteiger partial charge in [0, 0.05) is 37.5 Å². The molecule has 0 radical (unpaired) electrons. The van der Waals surface area contributed by atoms with Gasteiger partial charge in [0.1, 0.15) is 20.1 Å². The lowest BCUT2D eigenvalue weighted by Crippen LogP contribution is -2.49. The number of piperazine rings is 1. The number of aliphatic imine (C=N–C) groups is 1. The molecule has 0 saturated carbocycles. The Labute approximate surface area is 150 Å². The van der Waals surface area contributed by atoms with Crippen molar-refractivity contribution in [2.75, 3.05) is 26.2 Å². The second kappa shape index (κ2) is 7.68. The maximum absolute atomic E-state index is 9.28. The molecule has 1 fully saturated rings. The first-order valence-corrected chi connectivity index (χ1v) is 8.59.